The van der Waals surface area contributed by atoms with Crippen LogP contribution in [-0.2, 0) is 24.4 Å². The van der Waals surface area contributed by atoms with Crippen LogP contribution in [0.2, 0.25) is 0 Å². The highest BCUT2D eigenvalue weighted by molar-refractivity contribution is 6.21. The van der Waals surface area contributed by atoms with E-state index in [0.29, 0.717) is 18.9 Å². The van der Waals surface area contributed by atoms with Gasteiger partial charge in [0.15, 0.2) is 0 Å². The zero-order valence-electron chi connectivity index (χ0n) is 23.6. The number of fused-ring (bicyclic) bond motifs is 2. The van der Waals surface area contributed by atoms with E-state index in [1.165, 1.54) is 16.2 Å². The number of carbonyl (C=O) groups is 2. The maximum Gasteiger partial charge on any atom is 0.263 e. The van der Waals surface area contributed by atoms with E-state index in [2.05, 4.69) is 38.4 Å². The van der Waals surface area contributed by atoms with E-state index in [-0.39, 0.29) is 23.6 Å². The molecule has 10 heteroatoms. The van der Waals surface area contributed by atoms with Gasteiger partial charge in [-0.15, -0.1) is 0 Å². The van der Waals surface area contributed by atoms with E-state index in [0.717, 1.165) is 40.2 Å². The van der Waals surface area contributed by atoms with Gasteiger partial charge in [-0.25, -0.2) is 0 Å². The maximum atomic E-state index is 13.0. The highest BCUT2D eigenvalue weighted by Gasteiger charge is 2.36. The van der Waals surface area contributed by atoms with Crippen LogP contribution in [0.15, 0.2) is 95.1 Å². The number of benzene rings is 2. The number of hydrogen-bond acceptors (Lipinski definition) is 7. The van der Waals surface area contributed by atoms with Gasteiger partial charge in [-0.3, -0.25) is 24.4 Å². The molecule has 43 heavy (non-hydrogen) atoms. The van der Waals surface area contributed by atoms with Crippen molar-refractivity contribution in [1.29, 1.82) is 0 Å². The van der Waals surface area contributed by atoms with Crippen molar-refractivity contribution >= 4 is 35.1 Å². The summed E-state index contributed by atoms with van der Waals surface area (Å²) in [5.41, 5.74) is 6.31. The summed E-state index contributed by atoms with van der Waals surface area (Å²) >= 11 is 0. The Labute approximate surface area is 248 Å². The summed E-state index contributed by atoms with van der Waals surface area (Å²) in [6, 6.07) is 18.9. The summed E-state index contributed by atoms with van der Waals surface area (Å²) in [5, 5.41) is 12.3. The molecule has 0 saturated heterocycles. The fourth-order valence-electron chi connectivity index (χ4n) is 5.34. The molecule has 2 amide bonds. The molecule has 2 aliphatic rings. The minimum atomic E-state index is -0.509. The van der Waals surface area contributed by atoms with E-state index >= 15 is 0 Å². The molecule has 4 N–H and O–H groups in total. The van der Waals surface area contributed by atoms with Crippen LogP contribution >= 0.6 is 0 Å². The van der Waals surface area contributed by atoms with Gasteiger partial charge in [0.1, 0.15) is 17.3 Å². The Hall–Kier alpha value is -5.35. The summed E-state index contributed by atoms with van der Waals surface area (Å²) in [5.74, 6) is -0.441. The topological polar surface area (TPSA) is 130 Å². The average Bonchev–Trinajstić information content (AvgIpc) is 3.35. The summed E-state index contributed by atoms with van der Waals surface area (Å²) in [6.07, 6.45) is 8.68. The van der Waals surface area contributed by atoms with Crippen LogP contribution in [0.5, 0.6) is 0 Å². The highest BCUT2D eigenvalue weighted by atomic mass is 16.2. The van der Waals surface area contributed by atoms with Crippen molar-refractivity contribution < 1.29 is 9.59 Å². The standard InChI is InChI=1S/C33H31N7O3/c1-34-17-22-9-11-27-24(15-22)19-37-30(38-27)29-25-10-8-21(16-28(25)39-32(29)42)5-3-13-36-31(41)26-7-4-14-40(33(26)43)20-23-6-2-12-35-18-23/h2-12,14-16,18,29,34H,13,17,19-20H2,1H3,(H,36,41)(H,37,38)(H,39,42). The lowest BCUT2D eigenvalue weighted by molar-refractivity contribution is -0.115. The van der Waals surface area contributed by atoms with Crippen LogP contribution in [0, 0.1) is 0 Å². The summed E-state index contributed by atoms with van der Waals surface area (Å²) < 4.78 is 1.49. The number of nitrogens with one attached hydrogen (secondary N) is 4. The lowest BCUT2D eigenvalue weighted by atomic mass is 9.96. The molecular formula is C33H31N7O3. The molecule has 0 radical (unpaired) electrons. The molecule has 0 saturated carbocycles. The number of aliphatic imine (C=N–C) groups is 1. The third-order valence-electron chi connectivity index (χ3n) is 7.45. The first-order valence-corrected chi connectivity index (χ1v) is 14.1. The molecule has 4 aromatic rings. The normalized spacial score (nSPS) is 15.3. The number of carbonyl (C=O) groups excluding carboxylic acids is 2. The van der Waals surface area contributed by atoms with Gasteiger partial charge in [-0.1, -0.05) is 42.5 Å². The number of anilines is 2. The van der Waals surface area contributed by atoms with Gasteiger partial charge in [-0.2, -0.15) is 0 Å². The minimum absolute atomic E-state index is 0.0753. The largest absolute Gasteiger partial charge is 0.348 e. The van der Waals surface area contributed by atoms with E-state index in [1.807, 2.05) is 43.5 Å². The van der Waals surface area contributed by atoms with Crippen molar-refractivity contribution in [2.24, 2.45) is 4.99 Å². The second-order valence-corrected chi connectivity index (χ2v) is 10.4. The monoisotopic (exact) mass is 573 g/mol. The number of pyridine rings is 2. The van der Waals surface area contributed by atoms with Crippen LogP contribution in [0.3, 0.4) is 0 Å². The first-order chi connectivity index (χ1) is 21.0. The van der Waals surface area contributed by atoms with E-state index in [1.54, 1.807) is 36.8 Å². The van der Waals surface area contributed by atoms with Crippen molar-refractivity contribution in [3.63, 3.8) is 0 Å². The van der Waals surface area contributed by atoms with E-state index < -0.39 is 11.8 Å². The molecule has 1 atom stereocenters. The van der Waals surface area contributed by atoms with Gasteiger partial charge in [0, 0.05) is 43.1 Å². The number of aromatic nitrogens is 2. The quantitative estimate of drug-likeness (QED) is 0.243. The molecule has 4 heterocycles. The SMILES string of the molecule is CNCc1ccc2c(c1)CN=C(C1C(=O)Nc3cc(C=CCNC(=O)c4cccn(Cc5cccnc5)c4=O)ccc31)N2. The second kappa shape index (κ2) is 12.3. The predicted molar refractivity (Wildman–Crippen MR) is 167 cm³/mol. The first-order valence-electron chi connectivity index (χ1n) is 14.1. The fourth-order valence-corrected chi connectivity index (χ4v) is 5.34. The van der Waals surface area contributed by atoms with Crippen molar-refractivity contribution in [3.8, 4) is 0 Å². The fraction of sp³-hybridized carbons (Fsp3) is 0.182. The lowest BCUT2D eigenvalue weighted by Gasteiger charge is -2.22. The summed E-state index contributed by atoms with van der Waals surface area (Å²) in [4.78, 5) is 47.4. The minimum Gasteiger partial charge on any atom is -0.348 e. The Kier molecular flexibility index (Phi) is 7.92. The molecular weight excluding hydrogens is 542 g/mol. The number of amidine groups is 1. The number of nitrogens with zero attached hydrogens (tertiary/aromatic N) is 3. The predicted octanol–water partition coefficient (Wildman–Crippen LogP) is 3.51. The van der Waals surface area contributed by atoms with Crippen molar-refractivity contribution in [3.05, 3.63) is 129 Å². The molecule has 10 nitrogen and oxygen atoms in total. The van der Waals surface area contributed by atoms with Gasteiger partial charge in [0.2, 0.25) is 5.91 Å². The first kappa shape index (κ1) is 27.8. The Balaban J connectivity index is 1.08. The van der Waals surface area contributed by atoms with Crippen LogP contribution in [-0.4, -0.2) is 40.8 Å². The highest BCUT2D eigenvalue weighted by Crippen LogP contribution is 2.36. The number of hydrogen-bond donors (Lipinski definition) is 4. The summed E-state index contributed by atoms with van der Waals surface area (Å²) in [6.45, 7) is 1.87. The maximum absolute atomic E-state index is 13.0. The Morgan fingerprint density at radius 1 is 1.05 bits per heavy atom. The lowest BCUT2D eigenvalue weighted by Crippen LogP contribution is -2.33. The van der Waals surface area contributed by atoms with E-state index in [4.69, 9.17) is 4.99 Å². The van der Waals surface area contributed by atoms with Gasteiger partial charge >= 0.3 is 0 Å². The zero-order valence-corrected chi connectivity index (χ0v) is 23.6. The molecule has 0 bridgehead atoms. The van der Waals surface area contributed by atoms with Crippen molar-refractivity contribution in [2.75, 3.05) is 24.2 Å². The van der Waals surface area contributed by atoms with E-state index in [9.17, 15) is 14.4 Å². The van der Waals surface area contributed by atoms with Gasteiger partial charge in [-0.05, 0) is 65.2 Å². The molecule has 0 fully saturated rings. The molecule has 1 unspecified atom stereocenters. The molecule has 2 aromatic carbocycles. The van der Waals surface area contributed by atoms with Crippen LogP contribution in [0.1, 0.15) is 44.1 Å². The molecule has 216 valence electrons. The average molecular weight is 574 g/mol. The number of amides is 2. The van der Waals surface area contributed by atoms with Crippen LogP contribution in [0.25, 0.3) is 6.08 Å². The third-order valence-corrected chi connectivity index (χ3v) is 7.45. The van der Waals surface area contributed by atoms with Crippen LogP contribution in [0.4, 0.5) is 11.4 Å². The Morgan fingerprint density at radius 2 is 1.95 bits per heavy atom. The molecule has 6 rings (SSSR count). The van der Waals surface area contributed by atoms with Crippen molar-refractivity contribution in [1.82, 2.24) is 20.2 Å². The molecule has 2 aliphatic heterocycles. The number of rotatable bonds is 9. The Bertz CT molecular complexity index is 1810. The van der Waals surface area contributed by atoms with Crippen molar-refractivity contribution in [2.45, 2.75) is 25.6 Å². The summed E-state index contributed by atoms with van der Waals surface area (Å²) in [7, 11) is 1.92. The van der Waals surface area contributed by atoms with Gasteiger partial charge in [0.25, 0.3) is 11.5 Å². The third kappa shape index (κ3) is 6.00. The van der Waals surface area contributed by atoms with Gasteiger partial charge < -0.3 is 25.8 Å². The molecule has 2 aromatic heterocycles. The smallest absolute Gasteiger partial charge is 0.263 e. The zero-order chi connectivity index (χ0) is 29.8. The Morgan fingerprint density at radius 3 is 2.79 bits per heavy atom. The second-order valence-electron chi connectivity index (χ2n) is 10.4. The van der Waals surface area contributed by atoms with Crippen LogP contribution < -0.4 is 26.8 Å². The molecule has 0 aliphatic carbocycles. The van der Waals surface area contributed by atoms with Gasteiger partial charge in [0.05, 0.1) is 13.1 Å². The molecule has 0 spiro atoms.